The second kappa shape index (κ2) is 1.80. The van der Waals surface area contributed by atoms with E-state index in [1.807, 2.05) is 0 Å². The molecule has 10 heavy (non-hydrogen) atoms. The van der Waals surface area contributed by atoms with Crippen LogP contribution >= 0.6 is 0 Å². The third kappa shape index (κ3) is 0.603. The summed E-state index contributed by atoms with van der Waals surface area (Å²) in [6.45, 7) is 0.616. The summed E-state index contributed by atoms with van der Waals surface area (Å²) in [5.41, 5.74) is 1.69. The van der Waals surface area contributed by atoms with Crippen molar-refractivity contribution in [1.82, 2.24) is 4.98 Å². The van der Waals surface area contributed by atoms with Gasteiger partial charge in [-0.1, -0.05) is 0 Å². The van der Waals surface area contributed by atoms with E-state index in [-0.39, 0.29) is 5.43 Å². The maximum atomic E-state index is 11.0. The molecule has 1 N–H and O–H groups in total. The molecular weight excluding hydrogens is 128 g/mol. The molecule has 0 aromatic carbocycles. The van der Waals surface area contributed by atoms with Crippen molar-refractivity contribution >= 4 is 6.21 Å². The van der Waals surface area contributed by atoms with Crippen LogP contribution in [-0.4, -0.2) is 11.2 Å². The lowest BCUT2D eigenvalue weighted by atomic mass is 10.2. The highest BCUT2D eigenvalue weighted by molar-refractivity contribution is 5.83. The normalized spacial score (nSPS) is 13.6. The number of rotatable bonds is 0. The molecule has 0 spiro atoms. The van der Waals surface area contributed by atoms with E-state index in [1.165, 1.54) is 6.07 Å². The van der Waals surface area contributed by atoms with Crippen molar-refractivity contribution in [1.29, 1.82) is 0 Å². The van der Waals surface area contributed by atoms with Gasteiger partial charge in [0.15, 0.2) is 5.43 Å². The lowest BCUT2D eigenvalue weighted by molar-refractivity contribution is 1.02. The topological polar surface area (TPSA) is 45.2 Å². The van der Waals surface area contributed by atoms with Crippen LogP contribution in [0.25, 0.3) is 0 Å². The lowest BCUT2D eigenvalue weighted by Crippen LogP contribution is -2.07. The van der Waals surface area contributed by atoms with Crippen LogP contribution in [0.1, 0.15) is 11.3 Å². The fourth-order valence-electron chi connectivity index (χ4n) is 1.03. The number of nitrogens with one attached hydrogen (secondary N) is 1. The van der Waals surface area contributed by atoms with Gasteiger partial charge < -0.3 is 4.98 Å². The van der Waals surface area contributed by atoms with E-state index in [0.29, 0.717) is 12.1 Å². The molecule has 0 fully saturated rings. The molecule has 3 nitrogen and oxygen atoms in total. The Labute approximate surface area is 57.4 Å². The summed E-state index contributed by atoms with van der Waals surface area (Å²) in [7, 11) is 0. The van der Waals surface area contributed by atoms with Gasteiger partial charge in [0.2, 0.25) is 0 Å². The Hall–Kier alpha value is -1.38. The highest BCUT2D eigenvalue weighted by Crippen LogP contribution is 2.04. The molecule has 0 atom stereocenters. The summed E-state index contributed by atoms with van der Waals surface area (Å²) in [4.78, 5) is 17.9. The van der Waals surface area contributed by atoms with Gasteiger partial charge >= 0.3 is 0 Å². The monoisotopic (exact) mass is 134 g/mol. The molecule has 0 radical (unpaired) electrons. The second-order valence-corrected chi connectivity index (χ2v) is 2.20. The lowest BCUT2D eigenvalue weighted by Gasteiger charge is -1.92. The molecule has 0 saturated carbocycles. The molecule has 1 aliphatic heterocycles. The van der Waals surface area contributed by atoms with Gasteiger partial charge in [0.05, 0.1) is 12.1 Å². The van der Waals surface area contributed by atoms with Crippen molar-refractivity contribution in [2.45, 2.75) is 6.54 Å². The van der Waals surface area contributed by atoms with E-state index in [9.17, 15) is 4.79 Å². The Balaban J connectivity index is 2.79. The number of H-pyrrole nitrogens is 1. The van der Waals surface area contributed by atoms with Gasteiger partial charge in [-0.3, -0.25) is 9.79 Å². The summed E-state index contributed by atoms with van der Waals surface area (Å²) in [5, 5.41) is 0. The molecule has 2 rings (SSSR count). The molecule has 1 aromatic rings. The Morgan fingerprint density at radius 2 is 2.50 bits per heavy atom. The first kappa shape index (κ1) is 5.41. The number of hydrogen-bond acceptors (Lipinski definition) is 2. The first-order chi connectivity index (χ1) is 4.88. The third-order valence-corrected chi connectivity index (χ3v) is 1.55. The van der Waals surface area contributed by atoms with E-state index < -0.39 is 0 Å². The Morgan fingerprint density at radius 1 is 1.60 bits per heavy atom. The number of hydrogen-bond donors (Lipinski definition) is 1. The van der Waals surface area contributed by atoms with Crippen LogP contribution in [0.5, 0.6) is 0 Å². The predicted octanol–water partition coefficient (Wildman–Crippen LogP) is 0.307. The molecule has 0 aliphatic carbocycles. The average Bonchev–Trinajstić information content (AvgIpc) is 2.36. The van der Waals surface area contributed by atoms with Crippen molar-refractivity contribution in [3.8, 4) is 0 Å². The van der Waals surface area contributed by atoms with Crippen LogP contribution in [0.3, 0.4) is 0 Å². The first-order valence-corrected chi connectivity index (χ1v) is 3.08. The van der Waals surface area contributed by atoms with Gasteiger partial charge in [0, 0.05) is 24.2 Å². The Morgan fingerprint density at radius 3 is 3.30 bits per heavy atom. The van der Waals surface area contributed by atoms with Gasteiger partial charge in [0.1, 0.15) is 0 Å². The van der Waals surface area contributed by atoms with Gasteiger partial charge in [-0.2, -0.15) is 0 Å². The van der Waals surface area contributed by atoms with Crippen molar-refractivity contribution in [3.05, 3.63) is 33.7 Å². The summed E-state index contributed by atoms with van der Waals surface area (Å²) in [5.74, 6) is 0. The second-order valence-electron chi connectivity index (χ2n) is 2.20. The van der Waals surface area contributed by atoms with Crippen LogP contribution in [0.2, 0.25) is 0 Å². The molecule has 50 valence electrons. The van der Waals surface area contributed by atoms with Crippen LogP contribution in [0.4, 0.5) is 0 Å². The molecule has 0 saturated heterocycles. The molecular formula is C7H6N2O. The fraction of sp³-hybridized carbons (Fsp3) is 0.143. The zero-order valence-corrected chi connectivity index (χ0v) is 5.29. The van der Waals surface area contributed by atoms with Crippen LogP contribution in [0, 0.1) is 0 Å². The van der Waals surface area contributed by atoms with Crippen molar-refractivity contribution in [3.63, 3.8) is 0 Å². The van der Waals surface area contributed by atoms with Gasteiger partial charge in [-0.25, -0.2) is 0 Å². The molecule has 2 heterocycles. The smallest absolute Gasteiger partial charge is 0.190 e. The van der Waals surface area contributed by atoms with Gasteiger partial charge in [-0.05, 0) is 0 Å². The van der Waals surface area contributed by atoms with Crippen molar-refractivity contribution < 1.29 is 0 Å². The van der Waals surface area contributed by atoms with Crippen LogP contribution < -0.4 is 5.43 Å². The Kier molecular flexibility index (Phi) is 0.974. The molecule has 1 aromatic heterocycles. The summed E-state index contributed by atoms with van der Waals surface area (Å²) in [6, 6.07) is 1.51. The Bertz CT molecular complexity index is 338. The fourth-order valence-corrected chi connectivity index (χ4v) is 1.03. The molecule has 0 bridgehead atoms. The van der Waals surface area contributed by atoms with Crippen LogP contribution in [-0.2, 0) is 6.54 Å². The number of aliphatic imine (C=N–C) groups is 1. The third-order valence-electron chi connectivity index (χ3n) is 1.55. The molecule has 0 amide bonds. The quantitative estimate of drug-likeness (QED) is 0.545. The molecule has 3 heteroatoms. The highest BCUT2D eigenvalue weighted by Gasteiger charge is 2.07. The minimum atomic E-state index is 0.0509. The van der Waals surface area contributed by atoms with E-state index in [0.717, 1.165) is 5.69 Å². The van der Waals surface area contributed by atoms with Gasteiger partial charge in [-0.15, -0.1) is 0 Å². The highest BCUT2D eigenvalue weighted by atomic mass is 16.1. The number of aromatic amines is 1. The van der Waals surface area contributed by atoms with Crippen molar-refractivity contribution in [2.75, 3.05) is 0 Å². The maximum absolute atomic E-state index is 11.0. The molecule has 1 aliphatic rings. The molecule has 0 unspecified atom stereocenters. The minimum absolute atomic E-state index is 0.0509. The van der Waals surface area contributed by atoms with E-state index in [2.05, 4.69) is 9.98 Å². The average molecular weight is 134 g/mol. The van der Waals surface area contributed by atoms with Gasteiger partial charge in [0.25, 0.3) is 0 Å². The number of aromatic nitrogens is 1. The number of fused-ring (bicyclic) bond motifs is 1. The van der Waals surface area contributed by atoms with Crippen molar-refractivity contribution in [2.24, 2.45) is 4.99 Å². The van der Waals surface area contributed by atoms with E-state index >= 15 is 0 Å². The summed E-state index contributed by atoms with van der Waals surface area (Å²) < 4.78 is 0. The number of pyridine rings is 1. The minimum Gasteiger partial charge on any atom is -0.363 e. The zero-order valence-electron chi connectivity index (χ0n) is 5.29. The maximum Gasteiger partial charge on any atom is 0.190 e. The first-order valence-electron chi connectivity index (χ1n) is 3.08. The van der Waals surface area contributed by atoms with E-state index in [1.54, 1.807) is 12.4 Å². The predicted molar refractivity (Wildman–Crippen MR) is 38.4 cm³/mol. The van der Waals surface area contributed by atoms with E-state index in [4.69, 9.17) is 0 Å². The number of nitrogens with zero attached hydrogens (tertiary/aromatic N) is 1. The van der Waals surface area contributed by atoms with Crippen LogP contribution in [0.15, 0.2) is 22.1 Å². The zero-order chi connectivity index (χ0) is 6.97. The standard InChI is InChI=1S/C7H6N2O/c10-7-1-2-9-6-4-8-3-5(6)7/h1-3H,4H2,(H,9,10). The summed E-state index contributed by atoms with van der Waals surface area (Å²) in [6.07, 6.45) is 3.27. The SMILES string of the molecule is O=c1cc[nH]c2c1C=NC2. The largest absolute Gasteiger partial charge is 0.363 e. The summed E-state index contributed by atoms with van der Waals surface area (Å²) >= 11 is 0.